The third-order valence-corrected chi connectivity index (χ3v) is 4.77. The van der Waals surface area contributed by atoms with Gasteiger partial charge in [-0.25, -0.2) is 0 Å². The zero-order chi connectivity index (χ0) is 18.6. The number of carbonyl (C=O) groups is 1. The molecular formula is C19H23Cl2N2O2+. The van der Waals surface area contributed by atoms with Crippen LogP contribution in [0.4, 0.5) is 5.69 Å². The van der Waals surface area contributed by atoms with Gasteiger partial charge in [-0.15, -0.1) is 0 Å². The molecule has 134 valence electrons. The number of anilines is 1. The van der Waals surface area contributed by atoms with Crippen molar-refractivity contribution in [2.75, 3.05) is 19.5 Å². The molecule has 1 amide bonds. The smallest absolute Gasteiger partial charge is 0.282 e. The molecule has 2 aromatic rings. The summed E-state index contributed by atoms with van der Waals surface area (Å²) in [7, 11) is 3.64. The lowest BCUT2D eigenvalue weighted by Crippen LogP contribution is -3.12. The number of benzene rings is 2. The number of quaternary nitrogens is 1. The first-order valence-corrected chi connectivity index (χ1v) is 8.79. The fourth-order valence-electron chi connectivity index (χ4n) is 2.55. The maximum absolute atomic E-state index is 12.5. The van der Waals surface area contributed by atoms with Gasteiger partial charge in [-0.3, -0.25) is 4.79 Å². The summed E-state index contributed by atoms with van der Waals surface area (Å²) < 4.78 is 5.42. The van der Waals surface area contributed by atoms with Gasteiger partial charge >= 0.3 is 0 Å². The standard InChI is InChI=1S/C19H22Cl2N2O2/c1-12-5-8-18(25-4)14(9-12)11-23(3)13(2)19(24)22-17-7-6-15(20)10-16(17)21/h5-10,13H,11H2,1-4H3,(H,22,24)/p+1/t13-/m1/s1. The van der Waals surface area contributed by atoms with E-state index >= 15 is 0 Å². The number of aryl methyl sites for hydroxylation is 1. The maximum Gasteiger partial charge on any atom is 0.282 e. The lowest BCUT2D eigenvalue weighted by Gasteiger charge is -2.22. The Labute approximate surface area is 158 Å². The highest BCUT2D eigenvalue weighted by Gasteiger charge is 2.23. The lowest BCUT2D eigenvalue weighted by molar-refractivity contribution is -0.907. The Bertz CT molecular complexity index is 765. The predicted molar refractivity (Wildman–Crippen MR) is 103 cm³/mol. The van der Waals surface area contributed by atoms with Crippen LogP contribution in [0.2, 0.25) is 10.0 Å². The van der Waals surface area contributed by atoms with E-state index in [0.29, 0.717) is 22.3 Å². The van der Waals surface area contributed by atoms with E-state index in [-0.39, 0.29) is 11.9 Å². The van der Waals surface area contributed by atoms with Gasteiger partial charge in [0.2, 0.25) is 0 Å². The van der Waals surface area contributed by atoms with Gasteiger partial charge in [-0.2, -0.15) is 0 Å². The van der Waals surface area contributed by atoms with Gasteiger partial charge in [-0.1, -0.05) is 34.8 Å². The van der Waals surface area contributed by atoms with E-state index in [4.69, 9.17) is 27.9 Å². The first-order chi connectivity index (χ1) is 11.8. The van der Waals surface area contributed by atoms with E-state index in [1.165, 1.54) is 0 Å². The van der Waals surface area contributed by atoms with Gasteiger partial charge in [0.05, 0.1) is 24.9 Å². The number of rotatable bonds is 6. The molecule has 0 saturated carbocycles. The summed E-state index contributed by atoms with van der Waals surface area (Å²) in [4.78, 5) is 13.6. The van der Waals surface area contributed by atoms with E-state index in [1.54, 1.807) is 25.3 Å². The van der Waals surface area contributed by atoms with Gasteiger partial charge in [0.15, 0.2) is 6.04 Å². The fraction of sp³-hybridized carbons (Fsp3) is 0.316. The van der Waals surface area contributed by atoms with E-state index < -0.39 is 0 Å². The second kappa shape index (κ2) is 8.56. The SMILES string of the molecule is COc1ccc(C)cc1C[NH+](C)[C@H](C)C(=O)Nc1ccc(Cl)cc1Cl. The number of hydrogen-bond acceptors (Lipinski definition) is 2. The van der Waals surface area contributed by atoms with Crippen molar-refractivity contribution in [2.45, 2.75) is 26.4 Å². The van der Waals surface area contributed by atoms with Gasteiger partial charge in [-0.05, 0) is 44.2 Å². The second-order valence-electron chi connectivity index (χ2n) is 6.17. The molecule has 6 heteroatoms. The van der Waals surface area contributed by atoms with Crippen LogP contribution >= 0.6 is 23.2 Å². The molecule has 0 saturated heterocycles. The Morgan fingerprint density at radius 2 is 1.96 bits per heavy atom. The molecule has 2 aromatic carbocycles. The first-order valence-electron chi connectivity index (χ1n) is 8.03. The third kappa shape index (κ3) is 5.11. The van der Waals surface area contributed by atoms with Crippen LogP contribution in [0.1, 0.15) is 18.1 Å². The Balaban J connectivity index is 2.07. The molecule has 0 aliphatic heterocycles. The monoisotopic (exact) mass is 381 g/mol. The molecule has 0 aliphatic carbocycles. The molecule has 4 nitrogen and oxygen atoms in total. The Morgan fingerprint density at radius 1 is 1.24 bits per heavy atom. The molecule has 0 aromatic heterocycles. The summed E-state index contributed by atoms with van der Waals surface area (Å²) >= 11 is 12.0. The molecule has 25 heavy (non-hydrogen) atoms. The fourth-order valence-corrected chi connectivity index (χ4v) is 3.01. The number of likely N-dealkylation sites (N-methyl/N-ethyl adjacent to an activating group) is 1. The highest BCUT2D eigenvalue weighted by Crippen LogP contribution is 2.25. The van der Waals surface area contributed by atoms with Crippen molar-refractivity contribution < 1.29 is 14.4 Å². The molecule has 2 rings (SSSR count). The number of hydrogen-bond donors (Lipinski definition) is 2. The van der Waals surface area contributed by atoms with Crippen molar-refractivity contribution in [3.05, 3.63) is 57.6 Å². The van der Waals surface area contributed by atoms with Crippen LogP contribution in [-0.2, 0) is 11.3 Å². The maximum atomic E-state index is 12.5. The molecule has 0 bridgehead atoms. The summed E-state index contributed by atoms with van der Waals surface area (Å²) in [6.45, 7) is 4.60. The van der Waals surface area contributed by atoms with Crippen LogP contribution < -0.4 is 15.0 Å². The minimum Gasteiger partial charge on any atom is -0.496 e. The van der Waals surface area contributed by atoms with Crippen molar-refractivity contribution in [1.82, 2.24) is 0 Å². The van der Waals surface area contributed by atoms with E-state index in [2.05, 4.69) is 11.4 Å². The third-order valence-electron chi connectivity index (χ3n) is 4.23. The van der Waals surface area contributed by atoms with E-state index in [1.807, 2.05) is 33.0 Å². The van der Waals surface area contributed by atoms with Crippen molar-refractivity contribution in [3.63, 3.8) is 0 Å². The van der Waals surface area contributed by atoms with Crippen LogP contribution in [0.25, 0.3) is 0 Å². The van der Waals surface area contributed by atoms with Crippen LogP contribution in [0.15, 0.2) is 36.4 Å². The highest BCUT2D eigenvalue weighted by atomic mass is 35.5. The first kappa shape index (κ1) is 19.6. The average Bonchev–Trinajstić information content (AvgIpc) is 2.56. The van der Waals surface area contributed by atoms with Crippen molar-refractivity contribution in [1.29, 1.82) is 0 Å². The van der Waals surface area contributed by atoms with Gasteiger partial charge in [0.1, 0.15) is 12.3 Å². The summed E-state index contributed by atoms with van der Waals surface area (Å²) in [6, 6.07) is 10.8. The van der Waals surface area contributed by atoms with Crippen molar-refractivity contribution >= 4 is 34.8 Å². The van der Waals surface area contributed by atoms with Crippen LogP contribution in [0, 0.1) is 6.92 Å². The number of ether oxygens (including phenoxy) is 1. The zero-order valence-corrected chi connectivity index (χ0v) is 16.3. The minimum absolute atomic E-state index is 0.103. The zero-order valence-electron chi connectivity index (χ0n) is 14.8. The molecule has 0 aliphatic rings. The Morgan fingerprint density at radius 3 is 2.60 bits per heavy atom. The molecule has 0 heterocycles. The number of amides is 1. The van der Waals surface area contributed by atoms with Gasteiger partial charge < -0.3 is 15.0 Å². The molecule has 0 radical (unpaired) electrons. The quantitative estimate of drug-likeness (QED) is 0.805. The van der Waals surface area contributed by atoms with Crippen molar-refractivity contribution in [3.8, 4) is 5.75 Å². The summed E-state index contributed by atoms with van der Waals surface area (Å²) in [5.74, 6) is 0.728. The van der Waals surface area contributed by atoms with Gasteiger partial charge in [0.25, 0.3) is 5.91 Å². The Hall–Kier alpha value is -1.75. The largest absolute Gasteiger partial charge is 0.496 e. The predicted octanol–water partition coefficient (Wildman–Crippen LogP) is 3.35. The number of methoxy groups -OCH3 is 1. The van der Waals surface area contributed by atoms with Crippen LogP contribution in [0.3, 0.4) is 0 Å². The minimum atomic E-state index is -0.267. The van der Waals surface area contributed by atoms with Gasteiger partial charge in [0, 0.05) is 10.6 Å². The molecule has 0 fully saturated rings. The highest BCUT2D eigenvalue weighted by molar-refractivity contribution is 6.36. The van der Waals surface area contributed by atoms with Crippen LogP contribution in [0.5, 0.6) is 5.75 Å². The number of halogens is 2. The summed E-state index contributed by atoms with van der Waals surface area (Å²) in [6.07, 6.45) is 0. The lowest BCUT2D eigenvalue weighted by atomic mass is 10.1. The molecule has 0 spiro atoms. The second-order valence-corrected chi connectivity index (χ2v) is 7.02. The number of nitrogens with one attached hydrogen (secondary N) is 2. The molecule has 2 N–H and O–H groups in total. The van der Waals surface area contributed by atoms with Crippen LogP contribution in [-0.4, -0.2) is 26.1 Å². The van der Waals surface area contributed by atoms with Crippen molar-refractivity contribution in [2.24, 2.45) is 0 Å². The van der Waals surface area contributed by atoms with E-state index in [0.717, 1.165) is 21.8 Å². The molecule has 1 unspecified atom stereocenters. The summed E-state index contributed by atoms with van der Waals surface area (Å²) in [5.41, 5.74) is 2.79. The van der Waals surface area contributed by atoms with E-state index in [9.17, 15) is 4.79 Å². The molecule has 2 atom stereocenters. The average molecular weight is 382 g/mol. The summed E-state index contributed by atoms with van der Waals surface area (Å²) in [5, 5.41) is 3.82. The Kier molecular flexibility index (Phi) is 6.71. The topological polar surface area (TPSA) is 42.8 Å². The number of carbonyl (C=O) groups excluding carboxylic acids is 1. The molecular weight excluding hydrogens is 359 g/mol. The normalized spacial score (nSPS) is 13.2.